The second kappa shape index (κ2) is 8.81. The van der Waals surface area contributed by atoms with E-state index >= 15 is 0 Å². The van der Waals surface area contributed by atoms with E-state index in [0.29, 0.717) is 16.8 Å². The van der Waals surface area contributed by atoms with Crippen LogP contribution >= 0.6 is 22.6 Å². The van der Waals surface area contributed by atoms with Gasteiger partial charge in [0.15, 0.2) is 0 Å². The van der Waals surface area contributed by atoms with Crippen LogP contribution in [0.1, 0.15) is 21.5 Å². The summed E-state index contributed by atoms with van der Waals surface area (Å²) in [5, 5.41) is 2.77. The van der Waals surface area contributed by atoms with Crippen LogP contribution in [0.5, 0.6) is 0 Å². The number of alkyl halides is 4. The Morgan fingerprint density at radius 2 is 1.96 bits per heavy atom. The Morgan fingerprint density at radius 1 is 1.23 bits per heavy atom. The van der Waals surface area contributed by atoms with Gasteiger partial charge in [-0.15, -0.1) is 0 Å². The first-order valence-corrected chi connectivity index (χ1v) is 8.67. The van der Waals surface area contributed by atoms with E-state index in [1.54, 1.807) is 24.3 Å². The molecule has 1 amide bonds. The highest BCUT2D eigenvalue weighted by atomic mass is 127. The number of amides is 1. The Kier molecular flexibility index (Phi) is 6.99. The number of benzene rings is 2. The van der Waals surface area contributed by atoms with Crippen LogP contribution in [-0.4, -0.2) is 24.9 Å². The molecule has 140 valence electrons. The van der Waals surface area contributed by atoms with Crippen molar-refractivity contribution >= 4 is 34.2 Å². The molecule has 8 heteroatoms. The van der Waals surface area contributed by atoms with Crippen molar-refractivity contribution in [3.63, 3.8) is 0 Å². The van der Waals surface area contributed by atoms with Crippen molar-refractivity contribution in [3.05, 3.63) is 62.7 Å². The first-order valence-electron chi connectivity index (χ1n) is 7.59. The topological polar surface area (TPSA) is 38.3 Å². The van der Waals surface area contributed by atoms with Crippen molar-refractivity contribution in [2.45, 2.75) is 25.9 Å². The molecule has 0 radical (unpaired) electrons. The minimum atomic E-state index is -4.20. The summed E-state index contributed by atoms with van der Waals surface area (Å²) in [6, 6.07) is 11.7. The van der Waals surface area contributed by atoms with Gasteiger partial charge in [0.25, 0.3) is 5.91 Å². The molecule has 26 heavy (non-hydrogen) atoms. The van der Waals surface area contributed by atoms with Crippen LogP contribution in [0.25, 0.3) is 0 Å². The molecule has 2 rings (SSSR count). The molecule has 0 heterocycles. The molecule has 0 aliphatic carbocycles. The van der Waals surface area contributed by atoms with E-state index in [0.717, 1.165) is 9.13 Å². The lowest BCUT2D eigenvalue weighted by molar-refractivity contribution is -0.168. The number of ether oxygens (including phenoxy) is 1. The van der Waals surface area contributed by atoms with Gasteiger partial charge in [-0.05, 0) is 71.0 Å². The van der Waals surface area contributed by atoms with Crippen LogP contribution in [0.3, 0.4) is 0 Å². The van der Waals surface area contributed by atoms with Crippen molar-refractivity contribution in [2.24, 2.45) is 0 Å². The largest absolute Gasteiger partial charge is 0.370 e. The number of carbonyl (C=O) groups excluding carboxylic acids is 1. The molecule has 2 aromatic rings. The van der Waals surface area contributed by atoms with E-state index in [-0.39, 0.29) is 12.5 Å². The highest BCUT2D eigenvalue weighted by molar-refractivity contribution is 14.1. The predicted molar refractivity (Wildman–Crippen MR) is 98.9 cm³/mol. The minimum absolute atomic E-state index is 0.300. The lowest BCUT2D eigenvalue weighted by atomic mass is 10.1. The Hall–Kier alpha value is -1.68. The normalized spacial score (nSPS) is 11.7. The SMILES string of the molecule is Cc1cc(I)ccc1NC(=O)c1cccc(COCC(F)(F)C(F)F)c1. The molecular formula is C18H16F4INO2. The first kappa shape index (κ1) is 20.6. The Morgan fingerprint density at radius 3 is 2.62 bits per heavy atom. The fourth-order valence-electron chi connectivity index (χ4n) is 2.13. The molecule has 3 nitrogen and oxygen atoms in total. The van der Waals surface area contributed by atoms with E-state index < -0.39 is 19.0 Å². The molecular weight excluding hydrogens is 465 g/mol. The van der Waals surface area contributed by atoms with E-state index in [9.17, 15) is 22.4 Å². The molecule has 1 N–H and O–H groups in total. The maximum atomic E-state index is 12.8. The molecule has 2 aromatic carbocycles. The minimum Gasteiger partial charge on any atom is -0.370 e. The van der Waals surface area contributed by atoms with Crippen LogP contribution in [0, 0.1) is 10.5 Å². The summed E-state index contributed by atoms with van der Waals surface area (Å²) in [5.74, 6) is -4.56. The van der Waals surface area contributed by atoms with Crippen molar-refractivity contribution in [3.8, 4) is 0 Å². The smallest absolute Gasteiger partial charge is 0.330 e. The molecule has 0 atom stereocenters. The Bertz CT molecular complexity index is 784. The fourth-order valence-corrected chi connectivity index (χ4v) is 2.78. The third kappa shape index (κ3) is 5.66. The van der Waals surface area contributed by atoms with Gasteiger partial charge in [-0.25, -0.2) is 8.78 Å². The molecule has 0 unspecified atom stereocenters. The molecule has 0 bridgehead atoms. The lowest BCUT2D eigenvalue weighted by Crippen LogP contribution is -2.32. The Labute approximate surface area is 161 Å². The summed E-state index contributed by atoms with van der Waals surface area (Å²) in [5.41, 5.74) is 2.30. The maximum absolute atomic E-state index is 12.8. The summed E-state index contributed by atoms with van der Waals surface area (Å²) in [6.45, 7) is 0.181. The number of anilines is 1. The standard InChI is InChI=1S/C18H16F4INO2/c1-11-7-14(23)5-6-15(11)24-16(25)13-4-2-3-12(8-13)9-26-10-18(21,22)17(19)20/h2-8,17H,9-10H2,1H3,(H,24,25). The zero-order valence-corrected chi connectivity index (χ0v) is 15.9. The van der Waals surface area contributed by atoms with E-state index in [2.05, 4.69) is 32.6 Å². The molecule has 0 aliphatic heterocycles. The molecule has 0 aliphatic rings. The van der Waals surface area contributed by atoms with Crippen molar-refractivity contribution in [1.29, 1.82) is 0 Å². The number of carbonyl (C=O) groups is 1. The molecule has 0 aromatic heterocycles. The van der Waals surface area contributed by atoms with Crippen molar-refractivity contribution in [2.75, 3.05) is 11.9 Å². The van der Waals surface area contributed by atoms with Crippen LogP contribution in [0.4, 0.5) is 23.2 Å². The van der Waals surface area contributed by atoms with E-state index in [4.69, 9.17) is 0 Å². The van der Waals surface area contributed by atoms with Gasteiger partial charge in [0.1, 0.15) is 6.61 Å². The van der Waals surface area contributed by atoms with Gasteiger partial charge in [-0.2, -0.15) is 8.78 Å². The first-order chi connectivity index (χ1) is 12.2. The highest BCUT2D eigenvalue weighted by Gasteiger charge is 2.40. The highest BCUT2D eigenvalue weighted by Crippen LogP contribution is 2.23. The van der Waals surface area contributed by atoms with Gasteiger partial charge >= 0.3 is 12.3 Å². The second-order valence-corrected chi connectivity index (χ2v) is 6.91. The number of halogens is 5. The maximum Gasteiger partial charge on any atom is 0.330 e. The average Bonchev–Trinajstić information content (AvgIpc) is 2.57. The van der Waals surface area contributed by atoms with Crippen molar-refractivity contribution in [1.82, 2.24) is 0 Å². The molecule has 0 spiro atoms. The summed E-state index contributed by atoms with van der Waals surface area (Å²) >= 11 is 2.17. The Balaban J connectivity index is 2.00. The van der Waals surface area contributed by atoms with Crippen molar-refractivity contribution < 1.29 is 27.1 Å². The van der Waals surface area contributed by atoms with Gasteiger partial charge in [0.2, 0.25) is 0 Å². The zero-order chi connectivity index (χ0) is 19.3. The average molecular weight is 481 g/mol. The summed E-state index contributed by atoms with van der Waals surface area (Å²) in [7, 11) is 0. The van der Waals surface area contributed by atoms with Gasteiger partial charge in [-0.3, -0.25) is 4.79 Å². The van der Waals surface area contributed by atoms with Crippen LogP contribution in [0.15, 0.2) is 42.5 Å². The molecule has 0 saturated heterocycles. The lowest BCUT2D eigenvalue weighted by Gasteiger charge is -2.15. The number of aryl methyl sites for hydroxylation is 1. The summed E-state index contributed by atoms with van der Waals surface area (Å²) in [6.07, 6.45) is -3.78. The molecule has 0 fully saturated rings. The zero-order valence-electron chi connectivity index (χ0n) is 13.7. The van der Waals surface area contributed by atoms with E-state index in [1.165, 1.54) is 6.07 Å². The molecule has 0 saturated carbocycles. The van der Waals surface area contributed by atoms with Crippen LogP contribution in [0.2, 0.25) is 0 Å². The van der Waals surface area contributed by atoms with Gasteiger partial charge in [0.05, 0.1) is 6.61 Å². The quantitative estimate of drug-likeness (QED) is 0.433. The summed E-state index contributed by atoms with van der Waals surface area (Å²) < 4.78 is 55.5. The van der Waals surface area contributed by atoms with Crippen LogP contribution in [-0.2, 0) is 11.3 Å². The third-order valence-corrected chi connectivity index (χ3v) is 4.18. The van der Waals surface area contributed by atoms with Gasteiger partial charge in [0, 0.05) is 14.8 Å². The fraction of sp³-hybridized carbons (Fsp3) is 0.278. The third-order valence-electron chi connectivity index (χ3n) is 3.51. The number of hydrogen-bond acceptors (Lipinski definition) is 2. The number of hydrogen-bond donors (Lipinski definition) is 1. The number of rotatable bonds is 7. The van der Waals surface area contributed by atoms with Gasteiger partial charge < -0.3 is 10.1 Å². The van der Waals surface area contributed by atoms with Gasteiger partial charge in [-0.1, -0.05) is 12.1 Å². The second-order valence-electron chi connectivity index (χ2n) is 5.67. The number of nitrogens with one attached hydrogen (secondary N) is 1. The summed E-state index contributed by atoms with van der Waals surface area (Å²) in [4.78, 5) is 12.4. The predicted octanol–water partition coefficient (Wildman–Crippen LogP) is 5.27. The monoisotopic (exact) mass is 481 g/mol. The van der Waals surface area contributed by atoms with E-state index in [1.807, 2.05) is 19.1 Å². The van der Waals surface area contributed by atoms with Crippen LogP contribution < -0.4 is 5.32 Å².